The third-order valence-corrected chi connectivity index (χ3v) is 5.44. The summed E-state index contributed by atoms with van der Waals surface area (Å²) in [5.74, 6) is 5.13. The number of methoxy groups -OCH3 is 1. The molecule has 0 fully saturated rings. The van der Waals surface area contributed by atoms with Gasteiger partial charge in [-0.25, -0.2) is 14.4 Å². The Bertz CT molecular complexity index is 1290. The molecule has 0 aliphatic heterocycles. The van der Waals surface area contributed by atoms with E-state index in [0.717, 1.165) is 17.8 Å². The predicted octanol–water partition coefficient (Wildman–Crippen LogP) is 3.31. The van der Waals surface area contributed by atoms with Crippen LogP contribution in [0.15, 0.2) is 52.6 Å². The number of pyridine rings is 1. The molecule has 2 aromatic heterocycles. The molecule has 0 aliphatic rings. The van der Waals surface area contributed by atoms with Gasteiger partial charge in [0, 0.05) is 16.7 Å². The number of hydrazone groups is 1. The van der Waals surface area contributed by atoms with Crippen molar-refractivity contribution in [3.8, 4) is 17.0 Å². The first-order valence-corrected chi connectivity index (χ1v) is 10.9. The monoisotopic (exact) mass is 493 g/mol. The van der Waals surface area contributed by atoms with Crippen molar-refractivity contribution in [3.05, 3.63) is 65.4 Å². The molecule has 1 aromatic carbocycles. The molecule has 3 aromatic rings. The molecule has 3 rings (SSSR count). The summed E-state index contributed by atoms with van der Waals surface area (Å²) in [5.41, 5.74) is 9.18. The smallest absolute Gasteiger partial charge is 0.373 e. The second kappa shape index (κ2) is 12.8. The average Bonchev–Trinajstić information content (AvgIpc) is 2.86. The molecule has 4 N–H and O–H groups in total. The van der Waals surface area contributed by atoms with Gasteiger partial charge in [-0.1, -0.05) is 32.9 Å². The number of halogens is 1. The zero-order valence-corrected chi connectivity index (χ0v) is 20.5. The van der Waals surface area contributed by atoms with Gasteiger partial charge in [0.15, 0.2) is 11.6 Å². The molecular formula is C25H28FN7O3. The van der Waals surface area contributed by atoms with Crippen LogP contribution < -0.4 is 16.3 Å². The first kappa shape index (κ1) is 27.7. The van der Waals surface area contributed by atoms with E-state index >= 15 is 0 Å². The van der Waals surface area contributed by atoms with Gasteiger partial charge in [-0.15, -0.1) is 0 Å². The summed E-state index contributed by atoms with van der Waals surface area (Å²) >= 11 is 0. The predicted molar refractivity (Wildman–Crippen MR) is 134 cm³/mol. The largest absolute Gasteiger partial charge is 0.493 e. The van der Waals surface area contributed by atoms with Crippen molar-refractivity contribution < 1.29 is 18.7 Å². The van der Waals surface area contributed by atoms with Crippen molar-refractivity contribution >= 4 is 24.0 Å². The number of benzene rings is 1. The second-order valence-electron chi connectivity index (χ2n) is 8.14. The van der Waals surface area contributed by atoms with Gasteiger partial charge in [0.1, 0.15) is 5.71 Å². The van der Waals surface area contributed by atoms with Gasteiger partial charge in [0.25, 0.3) is 0 Å². The van der Waals surface area contributed by atoms with Crippen LogP contribution in [0.1, 0.15) is 44.3 Å². The number of hydrogen-bond acceptors (Lipinski definition) is 10. The topological polar surface area (TPSA) is 159 Å². The molecule has 0 spiro atoms. The van der Waals surface area contributed by atoms with Gasteiger partial charge in [-0.05, 0) is 36.8 Å². The highest BCUT2D eigenvalue weighted by atomic mass is 19.1. The van der Waals surface area contributed by atoms with Crippen molar-refractivity contribution in [1.29, 1.82) is 0 Å². The van der Waals surface area contributed by atoms with E-state index < -0.39 is 5.82 Å². The van der Waals surface area contributed by atoms with E-state index in [1.54, 1.807) is 18.2 Å². The molecule has 0 saturated carbocycles. The van der Waals surface area contributed by atoms with Crippen LogP contribution in [0.5, 0.6) is 5.75 Å². The molecule has 0 saturated heterocycles. The van der Waals surface area contributed by atoms with Crippen LogP contribution in [0.2, 0.25) is 0 Å². The fourth-order valence-corrected chi connectivity index (χ4v) is 3.17. The Morgan fingerprint density at radius 1 is 1.17 bits per heavy atom. The highest BCUT2D eigenvalue weighted by Gasteiger charge is 2.19. The van der Waals surface area contributed by atoms with Crippen molar-refractivity contribution in [1.82, 2.24) is 15.0 Å². The Morgan fingerprint density at radius 2 is 1.86 bits per heavy atom. The number of para-hydroxylation sites is 1. The maximum Gasteiger partial charge on any atom is 0.373 e. The molecule has 0 aliphatic carbocycles. The summed E-state index contributed by atoms with van der Waals surface area (Å²) in [6.45, 7) is 6.80. The highest BCUT2D eigenvalue weighted by Crippen LogP contribution is 2.31. The van der Waals surface area contributed by atoms with E-state index in [2.05, 4.69) is 40.8 Å². The number of aromatic nitrogens is 3. The average molecular weight is 494 g/mol. The Morgan fingerprint density at radius 3 is 2.50 bits per heavy atom. The number of hydrogen-bond donors (Lipinski definition) is 2. The number of nitrogens with two attached hydrogens (primary N) is 2. The lowest BCUT2D eigenvalue weighted by atomic mass is 9.86. The van der Waals surface area contributed by atoms with E-state index in [0.29, 0.717) is 29.2 Å². The molecule has 0 atom stereocenters. The van der Waals surface area contributed by atoms with Crippen molar-refractivity contribution in [2.45, 2.75) is 39.2 Å². The van der Waals surface area contributed by atoms with Gasteiger partial charge in [0.05, 0.1) is 37.0 Å². The van der Waals surface area contributed by atoms with Crippen LogP contribution in [-0.2, 0) is 21.5 Å². The van der Waals surface area contributed by atoms with Crippen LogP contribution in [0, 0.1) is 5.82 Å². The van der Waals surface area contributed by atoms with Crippen LogP contribution in [-0.4, -0.2) is 40.1 Å². The van der Waals surface area contributed by atoms with E-state index in [4.69, 9.17) is 30.9 Å². The summed E-state index contributed by atoms with van der Waals surface area (Å²) in [6.07, 6.45) is 2.73. The van der Waals surface area contributed by atoms with Crippen LogP contribution in [0.3, 0.4) is 0 Å². The molecule has 0 radical (unpaired) electrons. The first-order valence-electron chi connectivity index (χ1n) is 10.9. The molecular weight excluding hydrogens is 465 g/mol. The quantitative estimate of drug-likeness (QED) is 0.275. The van der Waals surface area contributed by atoms with Gasteiger partial charge in [0.2, 0.25) is 5.95 Å². The van der Waals surface area contributed by atoms with Crippen LogP contribution in [0.4, 0.5) is 10.3 Å². The lowest BCUT2D eigenvalue weighted by Crippen LogP contribution is -2.18. The minimum absolute atomic E-state index is 0.0143. The van der Waals surface area contributed by atoms with Crippen LogP contribution >= 0.6 is 0 Å². The fraction of sp³-hybridized carbons (Fsp3) is 0.280. The van der Waals surface area contributed by atoms with Gasteiger partial charge in [-0.3, -0.25) is 9.98 Å². The van der Waals surface area contributed by atoms with E-state index in [1.807, 2.05) is 18.2 Å². The molecule has 0 amide bonds. The van der Waals surface area contributed by atoms with Crippen molar-refractivity contribution in [2.75, 3.05) is 12.8 Å². The zero-order chi connectivity index (χ0) is 26.7. The third-order valence-electron chi connectivity index (χ3n) is 5.44. The Labute approximate surface area is 208 Å². The minimum atomic E-state index is -0.510. The lowest BCUT2D eigenvalue weighted by molar-refractivity contribution is -0.191. The molecule has 10 nitrogen and oxygen atoms in total. The van der Waals surface area contributed by atoms with Gasteiger partial charge >= 0.3 is 6.15 Å². The molecule has 0 unspecified atom stereocenters. The van der Waals surface area contributed by atoms with Crippen LogP contribution in [0.25, 0.3) is 11.3 Å². The van der Waals surface area contributed by atoms with Crippen molar-refractivity contribution in [3.63, 3.8) is 0 Å². The fourth-order valence-electron chi connectivity index (χ4n) is 3.17. The number of rotatable bonds is 8. The maximum atomic E-state index is 14.1. The maximum absolute atomic E-state index is 14.1. The van der Waals surface area contributed by atoms with E-state index in [-0.39, 0.29) is 23.3 Å². The summed E-state index contributed by atoms with van der Waals surface area (Å²) in [5, 5.41) is 3.79. The lowest BCUT2D eigenvalue weighted by Gasteiger charge is -2.22. The number of nitrogens with zero attached hydrogens (tertiary/aromatic N) is 5. The summed E-state index contributed by atoms with van der Waals surface area (Å²) < 4.78 is 19.3. The summed E-state index contributed by atoms with van der Waals surface area (Å²) in [4.78, 5) is 33.8. The Balaban J connectivity index is 0.00000145. The second-order valence-corrected chi connectivity index (χ2v) is 8.14. The first-order chi connectivity index (χ1) is 17.2. The van der Waals surface area contributed by atoms with Crippen molar-refractivity contribution in [2.24, 2.45) is 15.9 Å². The number of ether oxygens (including phenoxy) is 1. The molecule has 36 heavy (non-hydrogen) atoms. The Hall–Kier alpha value is -4.50. The summed E-state index contributed by atoms with van der Waals surface area (Å²) in [7, 11) is 1.39. The standard InChI is InChI=1S/C24H28FN7O.CO2/c1-5-24(2,3)21-11-6-8-15(29-21)13-28-14-20(32-27)19-12-18(30-23(26)31-19)16-9-7-10-17(25)22(16)33-4;2-1-3/h6-12,14H,5,13,27H2,1-4H3,(H2,26,30,31);. The molecule has 0 bridgehead atoms. The third kappa shape index (κ3) is 7.00. The SMILES string of the molecule is CCC(C)(C)c1cccc(CN=CC(=NN)c2cc(-c3cccc(F)c3OC)nc(N)n2)n1.O=C=O. The zero-order valence-electron chi connectivity index (χ0n) is 20.5. The van der Waals surface area contributed by atoms with Gasteiger partial charge < -0.3 is 16.3 Å². The normalized spacial score (nSPS) is 11.5. The van der Waals surface area contributed by atoms with E-state index in [9.17, 15) is 4.39 Å². The summed E-state index contributed by atoms with van der Waals surface area (Å²) in [6, 6.07) is 12.1. The number of anilines is 1. The Kier molecular flexibility index (Phi) is 9.88. The van der Waals surface area contributed by atoms with E-state index in [1.165, 1.54) is 19.4 Å². The minimum Gasteiger partial charge on any atom is -0.493 e. The molecule has 2 heterocycles. The molecule has 11 heteroatoms. The highest BCUT2D eigenvalue weighted by molar-refractivity contribution is 6.37. The number of carbonyl (C=O) groups excluding carboxylic acids is 2. The number of nitrogen functional groups attached to an aromatic ring is 1. The van der Waals surface area contributed by atoms with Gasteiger partial charge in [-0.2, -0.15) is 14.7 Å². The number of aliphatic imine (C=N–C) groups is 1. The molecule has 188 valence electrons.